The molecular formula is C22H25N5OS. The Hall–Kier alpha value is -2.67. The number of pyridine rings is 1. The van der Waals surface area contributed by atoms with Gasteiger partial charge in [0.05, 0.1) is 11.4 Å². The molecule has 1 saturated carbocycles. The lowest BCUT2D eigenvalue weighted by Gasteiger charge is -2.14. The van der Waals surface area contributed by atoms with E-state index in [-0.39, 0.29) is 11.9 Å². The third-order valence-electron chi connectivity index (χ3n) is 5.20. The number of aryl methyl sites for hydroxylation is 2. The molecule has 4 rings (SSSR count). The molecule has 29 heavy (non-hydrogen) atoms. The number of nitrogens with zero attached hydrogens (tertiary/aromatic N) is 4. The van der Waals surface area contributed by atoms with Crippen LogP contribution in [0.3, 0.4) is 0 Å². The summed E-state index contributed by atoms with van der Waals surface area (Å²) in [5.41, 5.74) is 4.22. The van der Waals surface area contributed by atoms with Crippen molar-refractivity contribution in [1.82, 2.24) is 25.1 Å². The van der Waals surface area contributed by atoms with Gasteiger partial charge in [0.25, 0.3) is 0 Å². The molecule has 0 aliphatic heterocycles. The van der Waals surface area contributed by atoms with Gasteiger partial charge in [-0.05, 0) is 63.3 Å². The number of benzene rings is 1. The molecule has 1 aliphatic carbocycles. The van der Waals surface area contributed by atoms with Crippen molar-refractivity contribution in [2.24, 2.45) is 5.92 Å². The predicted octanol–water partition coefficient (Wildman–Crippen LogP) is 3.95. The van der Waals surface area contributed by atoms with Crippen LogP contribution in [-0.4, -0.2) is 37.5 Å². The van der Waals surface area contributed by atoms with Crippen molar-refractivity contribution in [3.8, 4) is 17.1 Å². The van der Waals surface area contributed by atoms with Crippen LogP contribution in [0.2, 0.25) is 0 Å². The molecule has 1 amide bonds. The van der Waals surface area contributed by atoms with Crippen LogP contribution in [0.1, 0.15) is 30.9 Å². The molecule has 3 aromatic rings. The summed E-state index contributed by atoms with van der Waals surface area (Å²) in [6, 6.07) is 10.4. The highest BCUT2D eigenvalue weighted by Crippen LogP contribution is 2.33. The summed E-state index contributed by atoms with van der Waals surface area (Å²) < 4.78 is 2.02. The first-order valence-corrected chi connectivity index (χ1v) is 10.9. The van der Waals surface area contributed by atoms with Gasteiger partial charge in [0, 0.05) is 24.0 Å². The summed E-state index contributed by atoms with van der Waals surface area (Å²) in [6.07, 6.45) is 5.94. The van der Waals surface area contributed by atoms with Crippen LogP contribution < -0.4 is 5.32 Å². The predicted molar refractivity (Wildman–Crippen MR) is 115 cm³/mol. The SMILES string of the molecule is Cc1ccc(-n2c(SCC(=O)N[C@H](C)C3CC3)nnc2-c2cccnc2)c(C)c1. The standard InChI is InChI=1S/C22H25N5OS/c1-14-6-9-19(15(2)11-14)27-21(18-5-4-10-23-12-18)25-26-22(27)29-13-20(28)24-16(3)17-7-8-17/h4-6,9-12,16-17H,7-8,13H2,1-3H3,(H,24,28)/t16-/m1/s1. The van der Waals surface area contributed by atoms with Crippen molar-refractivity contribution >= 4 is 17.7 Å². The molecule has 2 aromatic heterocycles. The van der Waals surface area contributed by atoms with Crippen LogP contribution >= 0.6 is 11.8 Å². The number of hydrogen-bond acceptors (Lipinski definition) is 5. The summed E-state index contributed by atoms with van der Waals surface area (Å²) >= 11 is 1.41. The molecule has 0 radical (unpaired) electrons. The third-order valence-corrected chi connectivity index (χ3v) is 6.13. The monoisotopic (exact) mass is 407 g/mol. The van der Waals surface area contributed by atoms with Gasteiger partial charge in [-0.2, -0.15) is 0 Å². The van der Waals surface area contributed by atoms with E-state index in [1.54, 1.807) is 12.4 Å². The molecule has 2 heterocycles. The largest absolute Gasteiger partial charge is 0.353 e. The van der Waals surface area contributed by atoms with E-state index in [2.05, 4.69) is 59.5 Å². The lowest BCUT2D eigenvalue weighted by atomic mass is 10.1. The maximum absolute atomic E-state index is 12.4. The summed E-state index contributed by atoms with van der Waals surface area (Å²) in [4.78, 5) is 16.6. The maximum Gasteiger partial charge on any atom is 0.230 e. The second kappa shape index (κ2) is 8.37. The minimum atomic E-state index is 0.0347. The number of rotatable bonds is 7. The Bertz CT molecular complexity index is 1010. The molecule has 0 saturated heterocycles. The molecular weight excluding hydrogens is 382 g/mol. The highest BCUT2D eigenvalue weighted by atomic mass is 32.2. The van der Waals surface area contributed by atoms with Crippen LogP contribution in [0.15, 0.2) is 47.9 Å². The number of thioether (sulfide) groups is 1. The molecule has 1 aromatic carbocycles. The molecule has 0 spiro atoms. The molecule has 1 aliphatic rings. The summed E-state index contributed by atoms with van der Waals surface area (Å²) in [5, 5.41) is 12.6. The van der Waals surface area contributed by atoms with E-state index in [4.69, 9.17) is 0 Å². The Labute approximate surface area is 175 Å². The van der Waals surface area contributed by atoms with Gasteiger partial charge in [0.1, 0.15) is 0 Å². The molecule has 1 N–H and O–H groups in total. The van der Waals surface area contributed by atoms with Crippen molar-refractivity contribution in [3.05, 3.63) is 53.9 Å². The molecule has 7 heteroatoms. The van der Waals surface area contributed by atoms with Crippen molar-refractivity contribution < 1.29 is 4.79 Å². The molecule has 1 atom stereocenters. The van der Waals surface area contributed by atoms with Crippen LogP contribution in [0.5, 0.6) is 0 Å². The molecule has 6 nitrogen and oxygen atoms in total. The average molecular weight is 408 g/mol. The fourth-order valence-corrected chi connectivity index (χ4v) is 4.21. The highest BCUT2D eigenvalue weighted by Gasteiger charge is 2.29. The first-order chi connectivity index (χ1) is 14.0. The normalized spacial score (nSPS) is 14.6. The zero-order valence-electron chi connectivity index (χ0n) is 16.9. The molecule has 1 fully saturated rings. The second-order valence-electron chi connectivity index (χ2n) is 7.66. The maximum atomic E-state index is 12.4. The van der Waals surface area contributed by atoms with Gasteiger partial charge in [-0.1, -0.05) is 29.5 Å². The lowest BCUT2D eigenvalue weighted by Crippen LogP contribution is -2.35. The first kappa shape index (κ1) is 19.6. The Morgan fingerprint density at radius 3 is 2.79 bits per heavy atom. The summed E-state index contributed by atoms with van der Waals surface area (Å²) in [6.45, 7) is 6.23. The molecule has 0 bridgehead atoms. The lowest BCUT2D eigenvalue weighted by molar-refractivity contribution is -0.119. The second-order valence-corrected chi connectivity index (χ2v) is 8.60. The number of aromatic nitrogens is 4. The van der Waals surface area contributed by atoms with Gasteiger partial charge in [-0.25, -0.2) is 0 Å². The zero-order chi connectivity index (χ0) is 20.4. The van der Waals surface area contributed by atoms with Gasteiger partial charge in [-0.15, -0.1) is 10.2 Å². The number of hydrogen-bond donors (Lipinski definition) is 1. The van der Waals surface area contributed by atoms with Gasteiger partial charge in [-0.3, -0.25) is 14.3 Å². The van der Waals surface area contributed by atoms with Gasteiger partial charge >= 0.3 is 0 Å². The number of nitrogens with one attached hydrogen (secondary N) is 1. The smallest absolute Gasteiger partial charge is 0.230 e. The van der Waals surface area contributed by atoms with Crippen molar-refractivity contribution in [2.75, 3.05) is 5.75 Å². The van der Waals surface area contributed by atoms with E-state index in [1.807, 2.05) is 16.7 Å². The van der Waals surface area contributed by atoms with E-state index in [1.165, 1.54) is 30.2 Å². The molecule has 0 unspecified atom stereocenters. The highest BCUT2D eigenvalue weighted by molar-refractivity contribution is 7.99. The van der Waals surface area contributed by atoms with Gasteiger partial charge in [0.2, 0.25) is 5.91 Å². The average Bonchev–Trinajstić information content (AvgIpc) is 3.48. The molecule has 150 valence electrons. The van der Waals surface area contributed by atoms with Crippen LogP contribution in [0, 0.1) is 19.8 Å². The summed E-state index contributed by atoms with van der Waals surface area (Å²) in [7, 11) is 0. The van der Waals surface area contributed by atoms with Gasteiger partial charge in [0.15, 0.2) is 11.0 Å². The van der Waals surface area contributed by atoms with Crippen LogP contribution in [0.4, 0.5) is 0 Å². The van der Waals surface area contributed by atoms with E-state index >= 15 is 0 Å². The van der Waals surface area contributed by atoms with Gasteiger partial charge < -0.3 is 5.32 Å². The minimum absolute atomic E-state index is 0.0347. The van der Waals surface area contributed by atoms with Crippen molar-refractivity contribution in [3.63, 3.8) is 0 Å². The fourth-order valence-electron chi connectivity index (χ4n) is 3.46. The van der Waals surface area contributed by atoms with Crippen molar-refractivity contribution in [2.45, 2.75) is 44.8 Å². The van der Waals surface area contributed by atoms with E-state index in [0.717, 1.165) is 22.6 Å². The quantitative estimate of drug-likeness (QED) is 0.600. The fraction of sp³-hybridized carbons (Fsp3) is 0.364. The van der Waals surface area contributed by atoms with E-state index < -0.39 is 0 Å². The van der Waals surface area contributed by atoms with Crippen LogP contribution in [0.25, 0.3) is 17.1 Å². The van der Waals surface area contributed by atoms with Crippen LogP contribution in [-0.2, 0) is 4.79 Å². The van der Waals surface area contributed by atoms with E-state index in [9.17, 15) is 4.79 Å². The minimum Gasteiger partial charge on any atom is -0.353 e. The Kier molecular flexibility index (Phi) is 5.67. The topological polar surface area (TPSA) is 72.7 Å². The Balaban J connectivity index is 1.63. The van der Waals surface area contributed by atoms with Crippen molar-refractivity contribution in [1.29, 1.82) is 0 Å². The Morgan fingerprint density at radius 2 is 2.10 bits per heavy atom. The number of amides is 1. The summed E-state index contributed by atoms with van der Waals surface area (Å²) in [5.74, 6) is 1.71. The third kappa shape index (κ3) is 4.50. The first-order valence-electron chi connectivity index (χ1n) is 9.88. The number of carbonyl (C=O) groups excluding carboxylic acids is 1. The van der Waals surface area contributed by atoms with E-state index in [0.29, 0.717) is 16.8 Å². The Morgan fingerprint density at radius 1 is 1.28 bits per heavy atom. The number of carbonyl (C=O) groups is 1. The zero-order valence-corrected chi connectivity index (χ0v) is 17.7.